The molecular formula is C12H18O2. The zero-order chi connectivity index (χ0) is 10.8. The van der Waals surface area contributed by atoms with Crippen LogP contribution in [0.15, 0.2) is 24.3 Å². The second-order valence-corrected chi connectivity index (χ2v) is 4.76. The average molecular weight is 194 g/mol. The number of hydrogen-bond donors (Lipinski definition) is 2. The Morgan fingerprint density at radius 1 is 1.29 bits per heavy atom. The molecule has 78 valence electrons. The fourth-order valence-corrected chi connectivity index (χ4v) is 1.21. The van der Waals surface area contributed by atoms with Crippen molar-refractivity contribution in [2.75, 3.05) is 0 Å². The summed E-state index contributed by atoms with van der Waals surface area (Å²) in [5.41, 5.74) is 0.846. The van der Waals surface area contributed by atoms with E-state index in [1.54, 1.807) is 18.2 Å². The number of hydrogen-bond acceptors (Lipinski definition) is 2. The molecule has 0 spiro atoms. The molecule has 1 rings (SSSR count). The van der Waals surface area contributed by atoms with Crippen molar-refractivity contribution in [1.29, 1.82) is 0 Å². The second kappa shape index (κ2) is 4.01. The van der Waals surface area contributed by atoms with Crippen LogP contribution in [-0.4, -0.2) is 16.3 Å². The lowest BCUT2D eigenvalue weighted by Crippen LogP contribution is -2.27. The lowest BCUT2D eigenvalue weighted by atomic mass is 9.85. The van der Waals surface area contributed by atoms with Crippen LogP contribution in [-0.2, 0) is 6.42 Å². The Morgan fingerprint density at radius 3 is 2.43 bits per heavy atom. The Kier molecular flexibility index (Phi) is 3.17. The lowest BCUT2D eigenvalue weighted by Gasteiger charge is -2.25. The van der Waals surface area contributed by atoms with Crippen LogP contribution in [0.3, 0.4) is 0 Å². The molecule has 2 heteroatoms. The zero-order valence-electron chi connectivity index (χ0n) is 8.99. The van der Waals surface area contributed by atoms with Gasteiger partial charge in [0.15, 0.2) is 0 Å². The van der Waals surface area contributed by atoms with E-state index < -0.39 is 0 Å². The normalized spacial score (nSPS) is 14.0. The van der Waals surface area contributed by atoms with E-state index in [1.807, 2.05) is 26.8 Å². The number of phenols is 1. The molecule has 0 unspecified atom stereocenters. The van der Waals surface area contributed by atoms with Gasteiger partial charge in [0.05, 0.1) is 6.10 Å². The van der Waals surface area contributed by atoms with Crippen molar-refractivity contribution in [1.82, 2.24) is 0 Å². The largest absolute Gasteiger partial charge is 0.508 e. The third-order valence-electron chi connectivity index (χ3n) is 2.34. The Balaban J connectivity index is 2.70. The van der Waals surface area contributed by atoms with Crippen LogP contribution in [0, 0.1) is 5.41 Å². The summed E-state index contributed by atoms with van der Waals surface area (Å²) in [6.07, 6.45) is 0.196. The average Bonchev–Trinajstić information content (AvgIpc) is 2.02. The van der Waals surface area contributed by atoms with Gasteiger partial charge in [0.2, 0.25) is 0 Å². The standard InChI is InChI=1S/C12H18O2/c1-12(2,3)11(14)8-9-5-4-6-10(13)7-9/h4-7,11,13-14H,8H2,1-3H3/t11-/m0/s1. The summed E-state index contributed by atoms with van der Waals surface area (Å²) in [5, 5.41) is 19.1. The van der Waals surface area contributed by atoms with Gasteiger partial charge >= 0.3 is 0 Å². The molecule has 0 aliphatic rings. The van der Waals surface area contributed by atoms with E-state index >= 15 is 0 Å². The van der Waals surface area contributed by atoms with E-state index in [0.29, 0.717) is 6.42 Å². The van der Waals surface area contributed by atoms with Gasteiger partial charge in [-0.1, -0.05) is 32.9 Å². The Bertz CT molecular complexity index is 299. The molecule has 1 aromatic carbocycles. The minimum absolute atomic E-state index is 0.120. The van der Waals surface area contributed by atoms with Gasteiger partial charge in [-0.25, -0.2) is 0 Å². The first-order valence-electron chi connectivity index (χ1n) is 4.85. The highest BCUT2D eigenvalue weighted by atomic mass is 16.3. The smallest absolute Gasteiger partial charge is 0.115 e. The molecule has 1 atom stereocenters. The van der Waals surface area contributed by atoms with E-state index in [0.717, 1.165) is 5.56 Å². The topological polar surface area (TPSA) is 40.5 Å². The van der Waals surface area contributed by atoms with E-state index in [4.69, 9.17) is 0 Å². The van der Waals surface area contributed by atoms with Crippen LogP contribution in [0.2, 0.25) is 0 Å². The van der Waals surface area contributed by atoms with Gasteiger partial charge in [-0.05, 0) is 29.5 Å². The van der Waals surface area contributed by atoms with Crippen LogP contribution in [0.4, 0.5) is 0 Å². The van der Waals surface area contributed by atoms with Crippen molar-refractivity contribution in [2.45, 2.75) is 33.3 Å². The van der Waals surface area contributed by atoms with E-state index in [-0.39, 0.29) is 17.3 Å². The molecule has 0 aromatic heterocycles. The van der Waals surface area contributed by atoms with Crippen LogP contribution in [0.5, 0.6) is 5.75 Å². The summed E-state index contributed by atoms with van der Waals surface area (Å²) < 4.78 is 0. The molecule has 0 aliphatic heterocycles. The Morgan fingerprint density at radius 2 is 1.93 bits per heavy atom. The zero-order valence-corrected chi connectivity index (χ0v) is 8.99. The molecule has 0 fully saturated rings. The summed E-state index contributed by atoms with van der Waals surface area (Å²) in [5.74, 6) is 0.253. The van der Waals surface area contributed by atoms with Crippen LogP contribution in [0.25, 0.3) is 0 Å². The van der Waals surface area contributed by atoms with Gasteiger partial charge in [0, 0.05) is 0 Å². The molecule has 0 aliphatic carbocycles. The highest BCUT2D eigenvalue weighted by molar-refractivity contribution is 5.27. The van der Waals surface area contributed by atoms with Gasteiger partial charge in [-0.15, -0.1) is 0 Å². The minimum atomic E-state index is -0.385. The van der Waals surface area contributed by atoms with Crippen molar-refractivity contribution < 1.29 is 10.2 Å². The van der Waals surface area contributed by atoms with Crippen molar-refractivity contribution >= 4 is 0 Å². The maximum Gasteiger partial charge on any atom is 0.115 e. The first kappa shape index (κ1) is 11.1. The van der Waals surface area contributed by atoms with E-state index in [9.17, 15) is 10.2 Å². The van der Waals surface area contributed by atoms with Crippen molar-refractivity contribution in [2.24, 2.45) is 5.41 Å². The summed E-state index contributed by atoms with van der Waals surface area (Å²) >= 11 is 0. The number of rotatable bonds is 2. The predicted octanol–water partition coefficient (Wildman–Crippen LogP) is 2.34. The van der Waals surface area contributed by atoms with Crippen LogP contribution >= 0.6 is 0 Å². The molecule has 0 saturated carbocycles. The number of phenolic OH excluding ortho intramolecular Hbond substituents is 1. The molecular weight excluding hydrogens is 176 g/mol. The monoisotopic (exact) mass is 194 g/mol. The molecule has 1 aromatic rings. The molecule has 14 heavy (non-hydrogen) atoms. The number of aromatic hydroxyl groups is 1. The second-order valence-electron chi connectivity index (χ2n) is 4.76. The molecule has 2 N–H and O–H groups in total. The fraction of sp³-hybridized carbons (Fsp3) is 0.500. The molecule has 0 bridgehead atoms. The molecule has 0 radical (unpaired) electrons. The number of aliphatic hydroxyl groups is 1. The first-order chi connectivity index (χ1) is 6.39. The highest BCUT2D eigenvalue weighted by Gasteiger charge is 2.22. The van der Waals surface area contributed by atoms with E-state index in [2.05, 4.69) is 0 Å². The molecule has 0 amide bonds. The third-order valence-corrected chi connectivity index (χ3v) is 2.34. The van der Waals surface area contributed by atoms with Crippen LogP contribution in [0.1, 0.15) is 26.3 Å². The quantitative estimate of drug-likeness (QED) is 0.758. The maximum absolute atomic E-state index is 9.85. The van der Waals surface area contributed by atoms with Gasteiger partial charge in [-0.2, -0.15) is 0 Å². The van der Waals surface area contributed by atoms with Gasteiger partial charge in [0.25, 0.3) is 0 Å². The van der Waals surface area contributed by atoms with Gasteiger partial charge < -0.3 is 10.2 Å². The molecule has 2 nitrogen and oxygen atoms in total. The summed E-state index contributed by atoms with van der Waals surface area (Å²) in [4.78, 5) is 0. The lowest BCUT2D eigenvalue weighted by molar-refractivity contribution is 0.0636. The third kappa shape index (κ3) is 3.04. The van der Waals surface area contributed by atoms with Gasteiger partial charge in [-0.3, -0.25) is 0 Å². The number of aliphatic hydroxyl groups excluding tert-OH is 1. The van der Waals surface area contributed by atoms with Crippen LogP contribution < -0.4 is 0 Å². The van der Waals surface area contributed by atoms with Crippen molar-refractivity contribution in [3.63, 3.8) is 0 Å². The summed E-state index contributed by atoms with van der Waals surface area (Å²) in [6.45, 7) is 6.00. The predicted molar refractivity (Wildman–Crippen MR) is 57.3 cm³/mol. The van der Waals surface area contributed by atoms with Gasteiger partial charge in [0.1, 0.15) is 5.75 Å². The SMILES string of the molecule is CC(C)(C)[C@@H](O)Cc1cccc(O)c1. The molecule has 0 saturated heterocycles. The minimum Gasteiger partial charge on any atom is -0.508 e. The fourth-order valence-electron chi connectivity index (χ4n) is 1.21. The maximum atomic E-state index is 9.85. The Hall–Kier alpha value is -1.02. The Labute approximate surface area is 85.2 Å². The first-order valence-corrected chi connectivity index (χ1v) is 4.85. The summed E-state index contributed by atoms with van der Waals surface area (Å²) in [7, 11) is 0. The number of benzene rings is 1. The van der Waals surface area contributed by atoms with Crippen molar-refractivity contribution in [3.05, 3.63) is 29.8 Å². The molecule has 0 heterocycles. The summed E-state index contributed by atoms with van der Waals surface area (Å²) in [6, 6.07) is 7.02. The highest BCUT2D eigenvalue weighted by Crippen LogP contribution is 2.23. The van der Waals surface area contributed by atoms with E-state index in [1.165, 1.54) is 0 Å². The van der Waals surface area contributed by atoms with Crippen molar-refractivity contribution in [3.8, 4) is 5.75 Å².